The largest absolute Gasteiger partial charge is 0.496 e. The highest BCUT2D eigenvalue weighted by atomic mass is 35.5. The van der Waals surface area contributed by atoms with Crippen LogP contribution in [0.5, 0.6) is 5.75 Å². The molecule has 2 aromatic rings. The van der Waals surface area contributed by atoms with Gasteiger partial charge in [-0.15, -0.1) is 0 Å². The van der Waals surface area contributed by atoms with E-state index in [9.17, 15) is 9.59 Å². The van der Waals surface area contributed by atoms with Gasteiger partial charge >= 0.3 is 0 Å². The van der Waals surface area contributed by atoms with Gasteiger partial charge in [0.1, 0.15) is 5.75 Å². The monoisotopic (exact) mass is 398 g/mol. The summed E-state index contributed by atoms with van der Waals surface area (Å²) in [5.41, 5.74) is 2.32. The smallest absolute Gasteiger partial charge is 0.251 e. The van der Waals surface area contributed by atoms with Gasteiger partial charge < -0.3 is 15.0 Å². The Morgan fingerprint density at radius 3 is 2.57 bits per heavy atom. The molecule has 1 aliphatic rings. The van der Waals surface area contributed by atoms with Crippen molar-refractivity contribution in [1.29, 1.82) is 0 Å². The summed E-state index contributed by atoms with van der Waals surface area (Å²) in [6, 6.07) is 12.8. The zero-order valence-corrected chi connectivity index (χ0v) is 16.7. The summed E-state index contributed by atoms with van der Waals surface area (Å²) in [5.74, 6) is 0.495. The minimum absolute atomic E-state index is 0.0516. The van der Waals surface area contributed by atoms with E-state index in [0.717, 1.165) is 24.0 Å². The number of methoxy groups -OCH3 is 1. The van der Waals surface area contributed by atoms with Crippen molar-refractivity contribution in [3.8, 4) is 5.75 Å². The van der Waals surface area contributed by atoms with E-state index >= 15 is 0 Å². The van der Waals surface area contributed by atoms with Crippen molar-refractivity contribution in [3.63, 3.8) is 0 Å². The normalized spacial score (nSPS) is 13.4. The van der Waals surface area contributed by atoms with Crippen molar-refractivity contribution in [2.75, 3.05) is 14.2 Å². The molecule has 0 unspecified atom stereocenters. The lowest BCUT2D eigenvalue weighted by molar-refractivity contribution is -0.125. The molecule has 0 atom stereocenters. The maximum absolute atomic E-state index is 12.4. The van der Waals surface area contributed by atoms with E-state index in [-0.39, 0.29) is 11.8 Å². The minimum atomic E-state index is -0.141. The van der Waals surface area contributed by atoms with Crippen molar-refractivity contribution in [1.82, 2.24) is 10.2 Å². The third-order valence-electron chi connectivity index (χ3n) is 4.53. The first-order chi connectivity index (χ1) is 13.5. The highest BCUT2D eigenvalue weighted by molar-refractivity contribution is 6.30. The predicted octanol–water partition coefficient (Wildman–Crippen LogP) is 3.91. The Morgan fingerprint density at radius 2 is 1.93 bits per heavy atom. The number of ether oxygens (including phenoxy) is 1. The van der Waals surface area contributed by atoms with Crippen molar-refractivity contribution in [3.05, 3.63) is 70.3 Å². The summed E-state index contributed by atoms with van der Waals surface area (Å²) in [6.45, 7) is 0.382. The molecule has 1 fully saturated rings. The number of amides is 2. The maximum atomic E-state index is 12.4. The molecule has 1 N–H and O–H groups in total. The van der Waals surface area contributed by atoms with Gasteiger partial charge in [-0.3, -0.25) is 9.59 Å². The highest BCUT2D eigenvalue weighted by Gasteiger charge is 2.23. The lowest BCUT2D eigenvalue weighted by atomic mass is 10.1. The molecule has 0 radical (unpaired) electrons. The number of nitrogens with zero attached hydrogens (tertiary/aromatic N) is 1. The van der Waals surface area contributed by atoms with Crippen LogP contribution in [0.1, 0.15) is 34.3 Å². The predicted molar refractivity (Wildman–Crippen MR) is 110 cm³/mol. The van der Waals surface area contributed by atoms with E-state index in [2.05, 4.69) is 5.32 Å². The Hall–Kier alpha value is -2.79. The Kier molecular flexibility index (Phi) is 6.37. The second kappa shape index (κ2) is 8.93. The SMILES string of the molecule is COc1ccc(Cl)cc1CN(C)C(=O)/C=C/c1ccc(C(=O)NC2CC2)cc1. The molecule has 28 heavy (non-hydrogen) atoms. The molecule has 1 aliphatic carbocycles. The summed E-state index contributed by atoms with van der Waals surface area (Å²) < 4.78 is 5.32. The summed E-state index contributed by atoms with van der Waals surface area (Å²) in [7, 11) is 3.31. The average Bonchev–Trinajstić information content (AvgIpc) is 3.50. The van der Waals surface area contributed by atoms with E-state index in [4.69, 9.17) is 16.3 Å². The first kappa shape index (κ1) is 20.0. The van der Waals surface area contributed by atoms with Gasteiger partial charge in [0.2, 0.25) is 5.91 Å². The van der Waals surface area contributed by atoms with Crippen molar-refractivity contribution in [2.45, 2.75) is 25.4 Å². The van der Waals surface area contributed by atoms with Crippen LogP contribution in [0.25, 0.3) is 6.08 Å². The van der Waals surface area contributed by atoms with Gasteiger partial charge in [0.25, 0.3) is 5.91 Å². The van der Waals surface area contributed by atoms with E-state index in [0.29, 0.717) is 28.9 Å². The van der Waals surface area contributed by atoms with Crippen LogP contribution in [0.15, 0.2) is 48.5 Å². The van der Waals surface area contributed by atoms with Crippen LogP contribution in [-0.4, -0.2) is 36.9 Å². The van der Waals surface area contributed by atoms with Crippen LogP contribution in [0, 0.1) is 0 Å². The number of carbonyl (C=O) groups is 2. The Bertz CT molecular complexity index is 889. The number of rotatable bonds is 7. The van der Waals surface area contributed by atoms with Gasteiger partial charge in [-0.25, -0.2) is 0 Å². The Morgan fingerprint density at radius 1 is 1.21 bits per heavy atom. The molecule has 146 valence electrons. The number of benzene rings is 2. The molecule has 0 bridgehead atoms. The number of hydrogen-bond donors (Lipinski definition) is 1. The lowest BCUT2D eigenvalue weighted by Crippen LogP contribution is -2.25. The minimum Gasteiger partial charge on any atom is -0.496 e. The molecule has 5 nitrogen and oxygen atoms in total. The van der Waals surface area contributed by atoms with Crippen LogP contribution in [0.4, 0.5) is 0 Å². The first-order valence-corrected chi connectivity index (χ1v) is 9.50. The maximum Gasteiger partial charge on any atom is 0.251 e. The number of nitrogens with one attached hydrogen (secondary N) is 1. The first-order valence-electron chi connectivity index (χ1n) is 9.13. The molecular formula is C22H23ClN2O3. The van der Waals surface area contributed by atoms with E-state index in [1.165, 1.54) is 6.08 Å². The van der Waals surface area contributed by atoms with E-state index < -0.39 is 0 Å². The second-order valence-corrected chi connectivity index (χ2v) is 7.29. The van der Waals surface area contributed by atoms with Crippen LogP contribution in [-0.2, 0) is 11.3 Å². The van der Waals surface area contributed by atoms with Crippen LogP contribution in [0.3, 0.4) is 0 Å². The van der Waals surface area contributed by atoms with E-state index in [1.54, 1.807) is 55.5 Å². The Labute approximate surface area is 169 Å². The van der Waals surface area contributed by atoms with Gasteiger partial charge in [-0.2, -0.15) is 0 Å². The molecule has 6 heteroatoms. The average molecular weight is 399 g/mol. The van der Waals surface area contributed by atoms with Gasteiger partial charge in [0, 0.05) is 41.9 Å². The number of halogens is 1. The van der Waals surface area contributed by atoms with E-state index in [1.807, 2.05) is 12.1 Å². The van der Waals surface area contributed by atoms with Gasteiger partial charge in [-0.05, 0) is 54.8 Å². The summed E-state index contributed by atoms with van der Waals surface area (Å²) in [4.78, 5) is 26.0. The third-order valence-corrected chi connectivity index (χ3v) is 4.77. The van der Waals surface area contributed by atoms with Crippen molar-refractivity contribution in [2.24, 2.45) is 0 Å². The zero-order chi connectivity index (χ0) is 20.1. The van der Waals surface area contributed by atoms with Crippen LogP contribution >= 0.6 is 11.6 Å². The fourth-order valence-corrected chi connectivity index (χ4v) is 2.94. The molecule has 0 spiro atoms. The number of likely N-dealkylation sites (N-methyl/N-ethyl adjacent to an activating group) is 1. The quantitative estimate of drug-likeness (QED) is 0.719. The van der Waals surface area contributed by atoms with Gasteiger partial charge in [0.15, 0.2) is 0 Å². The molecule has 3 rings (SSSR count). The highest BCUT2D eigenvalue weighted by Crippen LogP contribution is 2.24. The van der Waals surface area contributed by atoms with Crippen LogP contribution in [0.2, 0.25) is 5.02 Å². The molecule has 2 amide bonds. The zero-order valence-electron chi connectivity index (χ0n) is 15.9. The molecule has 2 aromatic carbocycles. The second-order valence-electron chi connectivity index (χ2n) is 6.85. The molecule has 0 saturated heterocycles. The lowest BCUT2D eigenvalue weighted by Gasteiger charge is -2.17. The topological polar surface area (TPSA) is 58.6 Å². The fraction of sp³-hybridized carbons (Fsp3) is 0.273. The Balaban J connectivity index is 1.59. The molecular weight excluding hydrogens is 376 g/mol. The molecule has 0 aliphatic heterocycles. The number of carbonyl (C=O) groups excluding carboxylic acids is 2. The summed E-state index contributed by atoms with van der Waals surface area (Å²) >= 11 is 6.04. The third kappa shape index (κ3) is 5.36. The molecule has 0 aromatic heterocycles. The summed E-state index contributed by atoms with van der Waals surface area (Å²) in [6.07, 6.45) is 5.36. The van der Waals surface area contributed by atoms with Gasteiger partial charge in [-0.1, -0.05) is 23.7 Å². The molecule has 0 heterocycles. The van der Waals surface area contributed by atoms with Crippen LogP contribution < -0.4 is 10.1 Å². The molecule has 1 saturated carbocycles. The van der Waals surface area contributed by atoms with Crippen molar-refractivity contribution >= 4 is 29.5 Å². The van der Waals surface area contributed by atoms with Crippen molar-refractivity contribution < 1.29 is 14.3 Å². The number of hydrogen-bond acceptors (Lipinski definition) is 3. The standard InChI is InChI=1S/C22H23ClN2O3/c1-25(14-17-13-18(23)8-11-20(17)28-2)21(26)12-5-15-3-6-16(7-4-15)22(27)24-19-9-10-19/h3-8,11-13,19H,9-10,14H2,1-2H3,(H,24,27)/b12-5+. The summed E-state index contributed by atoms with van der Waals surface area (Å²) in [5, 5.41) is 3.55. The van der Waals surface area contributed by atoms with Gasteiger partial charge in [0.05, 0.1) is 7.11 Å². The fourth-order valence-electron chi connectivity index (χ4n) is 2.74.